The lowest BCUT2D eigenvalue weighted by Crippen LogP contribution is -2.13. The summed E-state index contributed by atoms with van der Waals surface area (Å²) in [4.78, 5) is 4.57. The van der Waals surface area contributed by atoms with Crippen LogP contribution < -0.4 is 5.32 Å². The van der Waals surface area contributed by atoms with Crippen molar-refractivity contribution >= 4 is 0 Å². The molecule has 4 heteroatoms. The van der Waals surface area contributed by atoms with Crippen LogP contribution >= 0.6 is 0 Å². The summed E-state index contributed by atoms with van der Waals surface area (Å²) in [5, 5.41) is 7.78. The first-order chi connectivity index (χ1) is 6.72. The van der Waals surface area contributed by atoms with Gasteiger partial charge in [0.1, 0.15) is 5.82 Å². The van der Waals surface area contributed by atoms with Crippen LogP contribution in [0, 0.1) is 5.92 Å². The zero-order valence-electron chi connectivity index (χ0n) is 9.12. The molecule has 1 aliphatic rings. The Morgan fingerprint density at radius 1 is 1.50 bits per heavy atom. The number of nitrogens with one attached hydrogen (secondary N) is 1. The van der Waals surface area contributed by atoms with E-state index in [1.807, 2.05) is 11.7 Å². The quantitative estimate of drug-likeness (QED) is 0.753. The maximum atomic E-state index is 4.57. The minimum Gasteiger partial charge on any atom is -0.316 e. The average Bonchev–Trinajstić information content (AvgIpc) is 2.72. The Morgan fingerprint density at radius 2 is 2.29 bits per heavy atom. The van der Waals surface area contributed by atoms with E-state index in [0.29, 0.717) is 11.8 Å². The summed E-state index contributed by atoms with van der Waals surface area (Å²) in [6, 6.07) is 0. The van der Waals surface area contributed by atoms with Crippen molar-refractivity contribution in [3.05, 3.63) is 11.6 Å². The molecule has 0 aliphatic carbocycles. The molecule has 0 saturated carbocycles. The Bertz CT molecular complexity index is 318. The summed E-state index contributed by atoms with van der Waals surface area (Å²) in [7, 11) is 1.99. The number of nitrogens with zero attached hydrogens (tertiary/aromatic N) is 3. The predicted octanol–water partition coefficient (Wildman–Crippen LogP) is 0.700. The smallest absolute Gasteiger partial charge is 0.150 e. The van der Waals surface area contributed by atoms with Gasteiger partial charge in [-0.1, -0.05) is 13.8 Å². The third-order valence-electron chi connectivity index (χ3n) is 3.01. The van der Waals surface area contributed by atoms with E-state index in [4.69, 9.17) is 0 Å². The summed E-state index contributed by atoms with van der Waals surface area (Å²) < 4.78 is 1.94. The van der Waals surface area contributed by atoms with Gasteiger partial charge < -0.3 is 5.32 Å². The lowest BCUT2D eigenvalue weighted by Gasteiger charge is -2.12. The molecular formula is C10H18N4. The molecule has 0 bridgehead atoms. The molecule has 1 fully saturated rings. The van der Waals surface area contributed by atoms with Gasteiger partial charge in [0, 0.05) is 25.9 Å². The maximum absolute atomic E-state index is 4.57. The van der Waals surface area contributed by atoms with E-state index < -0.39 is 0 Å². The van der Waals surface area contributed by atoms with Crippen LogP contribution in [0.5, 0.6) is 0 Å². The Labute approximate surface area is 84.7 Å². The summed E-state index contributed by atoms with van der Waals surface area (Å²) in [5.74, 6) is 3.30. The molecule has 1 aromatic rings. The number of aryl methyl sites for hydroxylation is 2. The highest BCUT2D eigenvalue weighted by Gasteiger charge is 2.28. The summed E-state index contributed by atoms with van der Waals surface area (Å²) in [6.45, 7) is 6.50. The summed E-state index contributed by atoms with van der Waals surface area (Å²) in [5.41, 5.74) is 0. The Kier molecular flexibility index (Phi) is 2.54. The van der Waals surface area contributed by atoms with E-state index in [-0.39, 0.29) is 0 Å². The van der Waals surface area contributed by atoms with Crippen LogP contribution in [-0.4, -0.2) is 27.9 Å². The molecule has 2 unspecified atom stereocenters. The molecule has 1 aliphatic heterocycles. The van der Waals surface area contributed by atoms with Crippen molar-refractivity contribution in [2.75, 3.05) is 13.1 Å². The topological polar surface area (TPSA) is 42.7 Å². The van der Waals surface area contributed by atoms with Crippen molar-refractivity contribution in [3.63, 3.8) is 0 Å². The first-order valence-electron chi connectivity index (χ1n) is 5.33. The Balaban J connectivity index is 2.26. The van der Waals surface area contributed by atoms with Gasteiger partial charge >= 0.3 is 0 Å². The normalized spacial score (nSPS) is 27.1. The molecule has 1 N–H and O–H groups in total. The Morgan fingerprint density at radius 3 is 2.79 bits per heavy atom. The lowest BCUT2D eigenvalue weighted by atomic mass is 9.97. The third-order valence-corrected chi connectivity index (χ3v) is 3.01. The minimum atomic E-state index is 0.535. The van der Waals surface area contributed by atoms with Gasteiger partial charge in [-0.05, 0) is 12.5 Å². The van der Waals surface area contributed by atoms with Gasteiger partial charge in [0.2, 0.25) is 0 Å². The van der Waals surface area contributed by atoms with Gasteiger partial charge in [-0.2, -0.15) is 5.10 Å². The van der Waals surface area contributed by atoms with E-state index in [1.54, 1.807) is 0 Å². The van der Waals surface area contributed by atoms with Crippen molar-refractivity contribution in [1.29, 1.82) is 0 Å². The molecule has 2 atom stereocenters. The highest BCUT2D eigenvalue weighted by Crippen LogP contribution is 2.25. The number of aromatic nitrogens is 3. The summed E-state index contributed by atoms with van der Waals surface area (Å²) >= 11 is 0. The Hall–Kier alpha value is -0.900. The van der Waals surface area contributed by atoms with Crippen LogP contribution in [0.25, 0.3) is 0 Å². The van der Waals surface area contributed by atoms with Crippen molar-refractivity contribution in [3.8, 4) is 0 Å². The lowest BCUT2D eigenvalue weighted by molar-refractivity contribution is 0.518. The zero-order chi connectivity index (χ0) is 10.1. The van der Waals surface area contributed by atoms with E-state index >= 15 is 0 Å². The van der Waals surface area contributed by atoms with Crippen LogP contribution in [0.2, 0.25) is 0 Å². The van der Waals surface area contributed by atoms with E-state index in [2.05, 4.69) is 29.2 Å². The first-order valence-corrected chi connectivity index (χ1v) is 5.33. The highest BCUT2D eigenvalue weighted by molar-refractivity contribution is 5.05. The standard InChI is InChI=1S/C10H18N4/c1-4-9-12-10(14(3)13-9)8-6-11-5-7(8)2/h7-8,11H,4-6H2,1-3H3. The van der Waals surface area contributed by atoms with Crippen LogP contribution in [0.4, 0.5) is 0 Å². The molecule has 0 spiro atoms. The SMILES string of the molecule is CCc1nc(C2CNCC2C)n(C)n1. The highest BCUT2D eigenvalue weighted by atomic mass is 15.3. The van der Waals surface area contributed by atoms with Gasteiger partial charge in [0.25, 0.3) is 0 Å². The van der Waals surface area contributed by atoms with Crippen molar-refractivity contribution in [1.82, 2.24) is 20.1 Å². The fourth-order valence-electron chi connectivity index (χ4n) is 2.08. The number of rotatable bonds is 2. The molecular weight excluding hydrogens is 176 g/mol. The van der Waals surface area contributed by atoms with Gasteiger partial charge in [-0.15, -0.1) is 0 Å². The van der Waals surface area contributed by atoms with Crippen molar-refractivity contribution in [2.45, 2.75) is 26.2 Å². The molecule has 78 valence electrons. The maximum Gasteiger partial charge on any atom is 0.150 e. The fraction of sp³-hybridized carbons (Fsp3) is 0.800. The fourth-order valence-corrected chi connectivity index (χ4v) is 2.08. The van der Waals surface area contributed by atoms with Gasteiger partial charge in [-0.25, -0.2) is 4.98 Å². The molecule has 0 aromatic carbocycles. The first kappa shape index (κ1) is 9.65. The van der Waals surface area contributed by atoms with Gasteiger partial charge in [0.05, 0.1) is 0 Å². The molecule has 2 heterocycles. The largest absolute Gasteiger partial charge is 0.316 e. The molecule has 4 nitrogen and oxygen atoms in total. The second-order valence-electron chi connectivity index (χ2n) is 4.11. The van der Waals surface area contributed by atoms with E-state index in [9.17, 15) is 0 Å². The van der Waals surface area contributed by atoms with Crippen LogP contribution in [-0.2, 0) is 13.5 Å². The van der Waals surface area contributed by atoms with Gasteiger partial charge in [-0.3, -0.25) is 4.68 Å². The molecule has 1 saturated heterocycles. The second-order valence-corrected chi connectivity index (χ2v) is 4.11. The molecule has 14 heavy (non-hydrogen) atoms. The van der Waals surface area contributed by atoms with Crippen LogP contribution in [0.1, 0.15) is 31.4 Å². The number of hydrogen-bond donors (Lipinski definition) is 1. The number of hydrogen-bond acceptors (Lipinski definition) is 3. The minimum absolute atomic E-state index is 0.535. The third kappa shape index (κ3) is 1.54. The predicted molar refractivity (Wildman–Crippen MR) is 55.2 cm³/mol. The van der Waals surface area contributed by atoms with Crippen molar-refractivity contribution < 1.29 is 0 Å². The molecule has 0 amide bonds. The molecule has 1 aromatic heterocycles. The van der Waals surface area contributed by atoms with Crippen molar-refractivity contribution in [2.24, 2.45) is 13.0 Å². The van der Waals surface area contributed by atoms with Gasteiger partial charge in [0.15, 0.2) is 5.82 Å². The molecule has 2 rings (SSSR count). The van der Waals surface area contributed by atoms with Crippen LogP contribution in [0.3, 0.4) is 0 Å². The average molecular weight is 194 g/mol. The second kappa shape index (κ2) is 3.69. The summed E-state index contributed by atoms with van der Waals surface area (Å²) in [6.07, 6.45) is 0.919. The molecule has 0 radical (unpaired) electrons. The van der Waals surface area contributed by atoms with Crippen LogP contribution in [0.15, 0.2) is 0 Å². The monoisotopic (exact) mass is 194 g/mol. The van der Waals surface area contributed by atoms with E-state index in [1.165, 1.54) is 0 Å². The van der Waals surface area contributed by atoms with E-state index in [0.717, 1.165) is 31.2 Å². The zero-order valence-corrected chi connectivity index (χ0v) is 9.12.